The molecule has 0 amide bonds. The van der Waals surface area contributed by atoms with Crippen LogP contribution in [0.25, 0.3) is 0 Å². The summed E-state index contributed by atoms with van der Waals surface area (Å²) in [7, 11) is 1.80. The molecule has 0 aliphatic carbocycles. The molecule has 8 heavy (non-hydrogen) atoms. The molecule has 0 heterocycles. The summed E-state index contributed by atoms with van der Waals surface area (Å²) in [5, 5.41) is 0. The smallest absolute Gasteiger partial charge is 0.0310 e. The Balaban J connectivity index is 3.53. The van der Waals surface area contributed by atoms with E-state index in [9.17, 15) is 0 Å². The second-order valence-corrected chi connectivity index (χ2v) is 1.68. The summed E-state index contributed by atoms with van der Waals surface area (Å²) in [6, 6.07) is 0. The zero-order valence-corrected chi connectivity index (χ0v) is 5.81. The maximum atomic E-state index is 3.96. The minimum atomic E-state index is 1.09. The summed E-state index contributed by atoms with van der Waals surface area (Å²) in [4.78, 5) is 3.96. The lowest BCUT2D eigenvalue weighted by molar-refractivity contribution is 1.22. The lowest BCUT2D eigenvalue weighted by Gasteiger charge is -1.83. The monoisotopic (exact) mass is 111 g/mol. The van der Waals surface area contributed by atoms with Crippen LogP contribution in [0.1, 0.15) is 20.3 Å². The van der Waals surface area contributed by atoms with Crippen LogP contribution in [0.5, 0.6) is 0 Å². The second kappa shape index (κ2) is 4.57. The van der Waals surface area contributed by atoms with Crippen LogP contribution < -0.4 is 0 Å². The standard InChI is InChI=1S/C7H13N/c1-4-5-6-7(2)8-3/h5-6H,4H2,1-3H3/b6-5+,8-7?. The van der Waals surface area contributed by atoms with Gasteiger partial charge in [0.2, 0.25) is 0 Å². The fraction of sp³-hybridized carbons (Fsp3) is 0.571. The summed E-state index contributed by atoms with van der Waals surface area (Å²) >= 11 is 0. The maximum Gasteiger partial charge on any atom is 0.0310 e. The lowest BCUT2D eigenvalue weighted by atomic mass is 10.3. The van der Waals surface area contributed by atoms with E-state index in [1.807, 2.05) is 13.0 Å². The molecule has 0 aliphatic heterocycles. The van der Waals surface area contributed by atoms with E-state index in [1.165, 1.54) is 0 Å². The number of hydrogen-bond acceptors (Lipinski definition) is 1. The summed E-state index contributed by atoms with van der Waals surface area (Å²) in [6.07, 6.45) is 5.22. The van der Waals surface area contributed by atoms with Crippen LogP contribution in [-0.2, 0) is 0 Å². The lowest BCUT2D eigenvalue weighted by Crippen LogP contribution is -1.80. The molecule has 1 heteroatoms. The zero-order valence-electron chi connectivity index (χ0n) is 5.81. The van der Waals surface area contributed by atoms with Crippen molar-refractivity contribution < 1.29 is 0 Å². The highest BCUT2D eigenvalue weighted by molar-refractivity contribution is 5.92. The fourth-order valence-corrected chi connectivity index (χ4v) is 0.363. The van der Waals surface area contributed by atoms with Gasteiger partial charge in [0.05, 0.1) is 0 Å². The van der Waals surface area contributed by atoms with Crippen LogP contribution in [0, 0.1) is 0 Å². The number of nitrogens with zero attached hydrogens (tertiary/aromatic N) is 1. The van der Waals surface area contributed by atoms with Crippen LogP contribution in [-0.4, -0.2) is 12.8 Å². The Hall–Kier alpha value is -0.590. The predicted molar refractivity (Wildman–Crippen MR) is 38.5 cm³/mol. The highest BCUT2D eigenvalue weighted by atomic mass is 14.7. The van der Waals surface area contributed by atoms with E-state index in [4.69, 9.17) is 0 Å². The van der Waals surface area contributed by atoms with Gasteiger partial charge in [0.25, 0.3) is 0 Å². The molecule has 0 bridgehead atoms. The van der Waals surface area contributed by atoms with Gasteiger partial charge in [-0.15, -0.1) is 0 Å². The van der Waals surface area contributed by atoms with Crippen molar-refractivity contribution in [2.24, 2.45) is 4.99 Å². The molecule has 1 nitrogen and oxygen atoms in total. The zero-order chi connectivity index (χ0) is 6.41. The Bertz CT molecular complexity index is 101. The van der Waals surface area contributed by atoms with Crippen LogP contribution in [0.3, 0.4) is 0 Å². The highest BCUT2D eigenvalue weighted by Gasteiger charge is 1.74. The molecule has 0 atom stereocenters. The third-order valence-corrected chi connectivity index (χ3v) is 0.947. The first-order chi connectivity index (χ1) is 3.81. The van der Waals surface area contributed by atoms with E-state index in [0.29, 0.717) is 0 Å². The van der Waals surface area contributed by atoms with E-state index in [2.05, 4.69) is 18.0 Å². The Kier molecular flexibility index (Phi) is 4.23. The number of aliphatic imine (C=N–C) groups is 1. The number of rotatable bonds is 2. The van der Waals surface area contributed by atoms with Crippen LogP contribution >= 0.6 is 0 Å². The van der Waals surface area contributed by atoms with Gasteiger partial charge in [-0.1, -0.05) is 13.0 Å². The topological polar surface area (TPSA) is 12.4 Å². The first kappa shape index (κ1) is 7.41. The molecule has 0 rings (SSSR count). The van der Waals surface area contributed by atoms with Gasteiger partial charge in [-0.2, -0.15) is 0 Å². The highest BCUT2D eigenvalue weighted by Crippen LogP contribution is 1.81. The maximum absolute atomic E-state index is 3.96. The molecule has 0 spiro atoms. The van der Waals surface area contributed by atoms with Gasteiger partial charge in [0, 0.05) is 12.8 Å². The molecule has 0 fully saturated rings. The van der Waals surface area contributed by atoms with Crippen molar-refractivity contribution in [3.63, 3.8) is 0 Å². The molecule has 0 unspecified atom stereocenters. The Morgan fingerprint density at radius 1 is 1.62 bits per heavy atom. The van der Waals surface area contributed by atoms with Gasteiger partial charge >= 0.3 is 0 Å². The first-order valence-electron chi connectivity index (χ1n) is 2.91. The average Bonchev–Trinajstić information content (AvgIpc) is 1.83. The van der Waals surface area contributed by atoms with E-state index in [-0.39, 0.29) is 0 Å². The van der Waals surface area contributed by atoms with Crippen molar-refractivity contribution in [3.8, 4) is 0 Å². The SMILES string of the molecule is CC/C=C/C(C)=NC. The molecule has 0 radical (unpaired) electrons. The van der Waals surface area contributed by atoms with Gasteiger partial charge in [-0.25, -0.2) is 0 Å². The molecule has 0 aromatic rings. The minimum Gasteiger partial charge on any atom is -0.293 e. The van der Waals surface area contributed by atoms with E-state index in [0.717, 1.165) is 12.1 Å². The molecular formula is C7H13N. The van der Waals surface area contributed by atoms with Gasteiger partial charge in [0.15, 0.2) is 0 Å². The van der Waals surface area contributed by atoms with Gasteiger partial charge in [-0.05, 0) is 19.4 Å². The predicted octanol–water partition coefficient (Wildman–Crippen LogP) is 2.04. The number of hydrogen-bond donors (Lipinski definition) is 0. The van der Waals surface area contributed by atoms with Crippen molar-refractivity contribution in [1.29, 1.82) is 0 Å². The van der Waals surface area contributed by atoms with Crippen molar-refractivity contribution >= 4 is 5.71 Å². The third-order valence-electron chi connectivity index (χ3n) is 0.947. The second-order valence-electron chi connectivity index (χ2n) is 1.68. The van der Waals surface area contributed by atoms with Gasteiger partial charge in [-0.3, -0.25) is 4.99 Å². The normalized spacial score (nSPS) is 13.1. The van der Waals surface area contributed by atoms with Crippen molar-refractivity contribution in [2.45, 2.75) is 20.3 Å². The summed E-state index contributed by atoms with van der Waals surface area (Å²) < 4.78 is 0. The summed E-state index contributed by atoms with van der Waals surface area (Å²) in [6.45, 7) is 4.10. The molecule has 0 aliphatic rings. The van der Waals surface area contributed by atoms with E-state index in [1.54, 1.807) is 7.05 Å². The molecule has 0 saturated heterocycles. The van der Waals surface area contributed by atoms with Crippen LogP contribution in [0.4, 0.5) is 0 Å². The Labute approximate surface area is 51.1 Å². The molecule has 0 saturated carbocycles. The summed E-state index contributed by atoms with van der Waals surface area (Å²) in [5.74, 6) is 0. The van der Waals surface area contributed by atoms with Crippen molar-refractivity contribution in [1.82, 2.24) is 0 Å². The fourth-order valence-electron chi connectivity index (χ4n) is 0.363. The Morgan fingerprint density at radius 2 is 2.25 bits per heavy atom. The molecule has 0 N–H and O–H groups in total. The van der Waals surface area contributed by atoms with Crippen LogP contribution in [0.15, 0.2) is 17.1 Å². The molecular weight excluding hydrogens is 98.1 g/mol. The first-order valence-corrected chi connectivity index (χ1v) is 2.91. The average molecular weight is 111 g/mol. The Morgan fingerprint density at radius 3 is 2.62 bits per heavy atom. The van der Waals surface area contributed by atoms with Crippen LogP contribution in [0.2, 0.25) is 0 Å². The van der Waals surface area contributed by atoms with Crippen molar-refractivity contribution in [2.75, 3.05) is 7.05 Å². The van der Waals surface area contributed by atoms with Crippen molar-refractivity contribution in [3.05, 3.63) is 12.2 Å². The van der Waals surface area contributed by atoms with Gasteiger partial charge in [0.1, 0.15) is 0 Å². The van der Waals surface area contributed by atoms with E-state index >= 15 is 0 Å². The molecule has 0 aromatic heterocycles. The quantitative estimate of drug-likeness (QED) is 0.483. The third kappa shape index (κ3) is 3.59. The summed E-state index contributed by atoms with van der Waals surface area (Å²) in [5.41, 5.74) is 1.09. The molecule has 0 aromatic carbocycles. The largest absolute Gasteiger partial charge is 0.293 e. The van der Waals surface area contributed by atoms with E-state index < -0.39 is 0 Å². The number of allylic oxidation sites excluding steroid dienone is 2. The van der Waals surface area contributed by atoms with Gasteiger partial charge < -0.3 is 0 Å². The molecule has 46 valence electrons. The minimum absolute atomic E-state index is 1.09.